The minimum absolute atomic E-state index is 0.00779. The second kappa shape index (κ2) is 6.24. The largest absolute Gasteiger partial charge is 0.457 e. The first-order valence-corrected chi connectivity index (χ1v) is 8.01. The van der Waals surface area contributed by atoms with Crippen molar-refractivity contribution in [3.63, 3.8) is 0 Å². The third-order valence-electron chi connectivity index (χ3n) is 2.92. The van der Waals surface area contributed by atoms with Crippen LogP contribution in [0, 0.1) is 0 Å². The van der Waals surface area contributed by atoms with Gasteiger partial charge in [-0.3, -0.25) is 4.79 Å². The standard InChI is InChI=1S/C17H11BrO2S/c18-13-5-3-12(4-6-13)16-10-8-14(20-16)7-9-15(19)17-2-1-11-21-17/h1-11H. The lowest BCUT2D eigenvalue weighted by molar-refractivity contribution is 0.105. The lowest BCUT2D eigenvalue weighted by Gasteiger charge is -1.96. The first-order chi connectivity index (χ1) is 10.2. The van der Waals surface area contributed by atoms with Crippen LogP contribution in [-0.2, 0) is 0 Å². The molecule has 2 aromatic heterocycles. The van der Waals surface area contributed by atoms with E-state index in [-0.39, 0.29) is 5.78 Å². The van der Waals surface area contributed by atoms with Gasteiger partial charge in [0, 0.05) is 10.0 Å². The lowest BCUT2D eigenvalue weighted by atomic mass is 10.2. The Kier molecular flexibility index (Phi) is 4.18. The van der Waals surface area contributed by atoms with Gasteiger partial charge in [0.25, 0.3) is 0 Å². The van der Waals surface area contributed by atoms with Crippen molar-refractivity contribution in [3.05, 3.63) is 75.1 Å². The predicted molar refractivity (Wildman–Crippen MR) is 89.5 cm³/mol. The van der Waals surface area contributed by atoms with Gasteiger partial charge in [-0.2, -0.15) is 0 Å². The smallest absolute Gasteiger partial charge is 0.195 e. The molecule has 0 fully saturated rings. The topological polar surface area (TPSA) is 30.2 Å². The van der Waals surface area contributed by atoms with E-state index < -0.39 is 0 Å². The van der Waals surface area contributed by atoms with Gasteiger partial charge >= 0.3 is 0 Å². The van der Waals surface area contributed by atoms with Crippen LogP contribution in [-0.4, -0.2) is 5.78 Å². The van der Waals surface area contributed by atoms with E-state index in [0.717, 1.165) is 20.7 Å². The molecule has 104 valence electrons. The molecule has 0 aliphatic rings. The molecular formula is C17H11BrO2S. The molecule has 0 unspecified atom stereocenters. The molecule has 0 radical (unpaired) electrons. The lowest BCUT2D eigenvalue weighted by Crippen LogP contribution is -1.87. The van der Waals surface area contributed by atoms with Crippen LogP contribution < -0.4 is 0 Å². The maximum Gasteiger partial charge on any atom is 0.195 e. The van der Waals surface area contributed by atoms with Crippen molar-refractivity contribution in [3.8, 4) is 11.3 Å². The van der Waals surface area contributed by atoms with Gasteiger partial charge in [0.2, 0.25) is 0 Å². The zero-order valence-electron chi connectivity index (χ0n) is 11.0. The molecule has 2 heterocycles. The Labute approximate surface area is 134 Å². The van der Waals surface area contributed by atoms with Crippen LogP contribution in [0.1, 0.15) is 15.4 Å². The van der Waals surface area contributed by atoms with Crippen LogP contribution in [0.5, 0.6) is 0 Å². The molecule has 21 heavy (non-hydrogen) atoms. The normalized spacial score (nSPS) is 11.1. The quantitative estimate of drug-likeness (QED) is 0.444. The molecule has 0 atom stereocenters. The molecule has 0 saturated heterocycles. The van der Waals surface area contributed by atoms with Crippen molar-refractivity contribution >= 4 is 39.1 Å². The highest BCUT2D eigenvalue weighted by molar-refractivity contribution is 9.10. The first kappa shape index (κ1) is 14.0. The van der Waals surface area contributed by atoms with Gasteiger partial charge in [0.05, 0.1) is 4.88 Å². The summed E-state index contributed by atoms with van der Waals surface area (Å²) >= 11 is 4.84. The predicted octanol–water partition coefficient (Wildman–Crippen LogP) is 5.67. The number of carbonyl (C=O) groups excluding carboxylic acids is 1. The molecule has 0 aliphatic carbocycles. The van der Waals surface area contributed by atoms with E-state index in [0.29, 0.717) is 5.76 Å². The fourth-order valence-electron chi connectivity index (χ4n) is 1.87. The summed E-state index contributed by atoms with van der Waals surface area (Å²) in [6, 6.07) is 15.3. The van der Waals surface area contributed by atoms with Crippen LogP contribution >= 0.6 is 27.3 Å². The Morgan fingerprint density at radius 2 is 1.90 bits per heavy atom. The van der Waals surface area contributed by atoms with Crippen molar-refractivity contribution in [2.24, 2.45) is 0 Å². The van der Waals surface area contributed by atoms with Crippen molar-refractivity contribution in [1.29, 1.82) is 0 Å². The second-order valence-corrected chi connectivity index (χ2v) is 6.25. The third-order valence-corrected chi connectivity index (χ3v) is 4.33. The number of rotatable bonds is 4. The maximum absolute atomic E-state index is 11.9. The number of carbonyl (C=O) groups is 1. The number of hydrogen-bond acceptors (Lipinski definition) is 3. The van der Waals surface area contributed by atoms with Gasteiger partial charge < -0.3 is 4.42 Å². The summed E-state index contributed by atoms with van der Waals surface area (Å²) < 4.78 is 6.75. The van der Waals surface area contributed by atoms with E-state index in [1.54, 1.807) is 6.08 Å². The average molecular weight is 359 g/mol. The van der Waals surface area contributed by atoms with E-state index in [4.69, 9.17) is 4.42 Å². The monoisotopic (exact) mass is 358 g/mol. The Balaban J connectivity index is 1.76. The minimum atomic E-state index is -0.00779. The second-order valence-electron chi connectivity index (χ2n) is 4.38. The summed E-state index contributed by atoms with van der Waals surface area (Å²) in [5.74, 6) is 1.44. The van der Waals surface area contributed by atoms with Gasteiger partial charge in [-0.1, -0.05) is 34.1 Å². The van der Waals surface area contributed by atoms with Crippen LogP contribution in [0.25, 0.3) is 17.4 Å². The van der Waals surface area contributed by atoms with E-state index in [2.05, 4.69) is 15.9 Å². The van der Waals surface area contributed by atoms with Gasteiger partial charge in [-0.25, -0.2) is 0 Å². The van der Waals surface area contributed by atoms with E-state index in [1.165, 1.54) is 17.4 Å². The van der Waals surface area contributed by atoms with Gasteiger partial charge in [0.15, 0.2) is 5.78 Å². The molecular weight excluding hydrogens is 348 g/mol. The highest BCUT2D eigenvalue weighted by Crippen LogP contribution is 2.24. The molecule has 0 aliphatic heterocycles. The first-order valence-electron chi connectivity index (χ1n) is 6.34. The summed E-state index contributed by atoms with van der Waals surface area (Å²) in [6.45, 7) is 0. The van der Waals surface area contributed by atoms with Crippen LogP contribution in [0.3, 0.4) is 0 Å². The molecule has 1 aromatic carbocycles. The molecule has 0 saturated carbocycles. The molecule has 3 rings (SSSR count). The Morgan fingerprint density at radius 3 is 2.62 bits per heavy atom. The van der Waals surface area contributed by atoms with Gasteiger partial charge in [-0.05, 0) is 47.9 Å². The summed E-state index contributed by atoms with van der Waals surface area (Å²) in [5.41, 5.74) is 1.00. The highest BCUT2D eigenvalue weighted by Gasteiger charge is 2.05. The fraction of sp³-hybridized carbons (Fsp3) is 0. The molecule has 4 heteroatoms. The van der Waals surface area contributed by atoms with E-state index >= 15 is 0 Å². The van der Waals surface area contributed by atoms with Crippen LogP contribution in [0.2, 0.25) is 0 Å². The number of thiophene rings is 1. The summed E-state index contributed by atoms with van der Waals surface area (Å²) in [7, 11) is 0. The van der Waals surface area contributed by atoms with Crippen molar-refractivity contribution in [2.45, 2.75) is 0 Å². The van der Waals surface area contributed by atoms with Gasteiger partial charge in [-0.15, -0.1) is 11.3 Å². The average Bonchev–Trinajstić information content (AvgIpc) is 3.17. The molecule has 0 spiro atoms. The summed E-state index contributed by atoms with van der Waals surface area (Å²) in [4.78, 5) is 12.6. The zero-order valence-corrected chi connectivity index (χ0v) is 13.4. The van der Waals surface area contributed by atoms with Crippen molar-refractivity contribution < 1.29 is 9.21 Å². The Morgan fingerprint density at radius 1 is 1.10 bits per heavy atom. The number of furan rings is 1. The Bertz CT molecular complexity index is 767. The number of hydrogen-bond donors (Lipinski definition) is 0. The van der Waals surface area contributed by atoms with E-state index in [9.17, 15) is 4.79 Å². The Hall–Kier alpha value is -1.91. The molecule has 3 aromatic rings. The molecule has 0 bridgehead atoms. The highest BCUT2D eigenvalue weighted by atomic mass is 79.9. The minimum Gasteiger partial charge on any atom is -0.457 e. The fourth-order valence-corrected chi connectivity index (χ4v) is 2.78. The number of ketones is 1. The maximum atomic E-state index is 11.9. The third kappa shape index (κ3) is 3.40. The molecule has 0 amide bonds. The SMILES string of the molecule is O=C(C=Cc1ccc(-c2ccc(Br)cc2)o1)c1cccs1. The van der Waals surface area contributed by atoms with Gasteiger partial charge in [0.1, 0.15) is 11.5 Å². The van der Waals surface area contributed by atoms with Crippen molar-refractivity contribution in [1.82, 2.24) is 0 Å². The summed E-state index contributed by atoms with van der Waals surface area (Å²) in [5, 5.41) is 1.89. The molecule has 2 nitrogen and oxygen atoms in total. The van der Waals surface area contributed by atoms with Crippen LogP contribution in [0.4, 0.5) is 0 Å². The van der Waals surface area contributed by atoms with Crippen LogP contribution in [0.15, 0.2) is 68.9 Å². The number of allylic oxidation sites excluding steroid dienone is 1. The summed E-state index contributed by atoms with van der Waals surface area (Å²) in [6.07, 6.45) is 3.24. The van der Waals surface area contributed by atoms with E-state index in [1.807, 2.05) is 53.9 Å². The number of halogens is 1. The zero-order chi connectivity index (χ0) is 14.7. The number of benzene rings is 1. The molecule has 0 N–H and O–H groups in total. The van der Waals surface area contributed by atoms with Crippen molar-refractivity contribution in [2.75, 3.05) is 0 Å².